The van der Waals surface area contributed by atoms with Crippen LogP contribution < -0.4 is 5.73 Å². The van der Waals surface area contributed by atoms with Gasteiger partial charge in [-0.25, -0.2) is 0 Å². The van der Waals surface area contributed by atoms with E-state index < -0.39 is 24.0 Å². The smallest absolute Gasteiger partial charge is 0.394 e. The van der Waals surface area contributed by atoms with Crippen LogP contribution in [0.2, 0.25) is 0 Å². The highest BCUT2D eigenvalue weighted by Gasteiger charge is 2.44. The van der Waals surface area contributed by atoms with Gasteiger partial charge in [0.25, 0.3) is 0 Å². The number of rotatable bonds is 4. The van der Waals surface area contributed by atoms with Crippen LogP contribution in [-0.4, -0.2) is 60.5 Å². The normalized spacial score (nSPS) is 28.1. The SMILES string of the molecule is CC1COC(CO)CN1CC(C(=N)N)C(F)(F)F. The summed E-state index contributed by atoms with van der Waals surface area (Å²) in [5.41, 5.74) is 5.01. The lowest BCUT2D eigenvalue weighted by Gasteiger charge is -2.39. The lowest BCUT2D eigenvalue weighted by atomic mass is 10.1. The van der Waals surface area contributed by atoms with Crippen LogP contribution in [0, 0.1) is 11.3 Å². The molecule has 1 saturated heterocycles. The fraction of sp³-hybridized carbons (Fsp3) is 0.900. The molecule has 1 fully saturated rings. The fourth-order valence-corrected chi connectivity index (χ4v) is 1.85. The maximum atomic E-state index is 12.7. The highest BCUT2D eigenvalue weighted by atomic mass is 19.4. The van der Waals surface area contributed by atoms with E-state index in [0.717, 1.165) is 0 Å². The number of aliphatic hydroxyl groups is 1. The molecular weight excluding hydrogens is 251 g/mol. The van der Waals surface area contributed by atoms with E-state index in [1.54, 1.807) is 11.8 Å². The van der Waals surface area contributed by atoms with Gasteiger partial charge in [-0.2, -0.15) is 13.2 Å². The summed E-state index contributed by atoms with van der Waals surface area (Å²) in [6, 6.07) is -0.197. The molecule has 0 aromatic rings. The Labute approximate surface area is 103 Å². The molecule has 1 heterocycles. The van der Waals surface area contributed by atoms with Gasteiger partial charge in [0.1, 0.15) is 11.8 Å². The monoisotopic (exact) mass is 269 g/mol. The van der Waals surface area contributed by atoms with Gasteiger partial charge < -0.3 is 15.6 Å². The molecule has 0 spiro atoms. The summed E-state index contributed by atoms with van der Waals surface area (Å²) in [5, 5.41) is 16.0. The number of alkyl halides is 3. The molecule has 1 aliphatic rings. The van der Waals surface area contributed by atoms with Crippen molar-refractivity contribution in [3.63, 3.8) is 0 Å². The number of nitrogens with one attached hydrogen (secondary N) is 1. The third kappa shape index (κ3) is 3.82. The minimum Gasteiger partial charge on any atom is -0.394 e. The van der Waals surface area contributed by atoms with Crippen LogP contribution in [0.1, 0.15) is 6.92 Å². The van der Waals surface area contributed by atoms with Crippen molar-refractivity contribution in [2.45, 2.75) is 25.2 Å². The summed E-state index contributed by atoms with van der Waals surface area (Å²) in [4.78, 5) is 1.55. The van der Waals surface area contributed by atoms with E-state index in [1.807, 2.05) is 0 Å². The number of nitrogens with two attached hydrogens (primary N) is 1. The third-order valence-electron chi connectivity index (χ3n) is 3.03. The average Bonchev–Trinajstić information content (AvgIpc) is 2.25. The predicted molar refractivity (Wildman–Crippen MR) is 59.3 cm³/mol. The van der Waals surface area contributed by atoms with E-state index in [-0.39, 0.29) is 32.3 Å². The lowest BCUT2D eigenvalue weighted by molar-refractivity contribution is -0.168. The van der Waals surface area contributed by atoms with E-state index in [0.29, 0.717) is 0 Å². The van der Waals surface area contributed by atoms with Crippen molar-refractivity contribution in [1.82, 2.24) is 4.90 Å². The van der Waals surface area contributed by atoms with Gasteiger partial charge in [-0.15, -0.1) is 0 Å². The topological polar surface area (TPSA) is 82.6 Å². The summed E-state index contributed by atoms with van der Waals surface area (Å²) in [5.74, 6) is -2.86. The number of halogens is 3. The number of ether oxygens (including phenoxy) is 1. The Morgan fingerprint density at radius 2 is 2.22 bits per heavy atom. The highest BCUT2D eigenvalue weighted by Crippen LogP contribution is 2.28. The third-order valence-corrected chi connectivity index (χ3v) is 3.03. The van der Waals surface area contributed by atoms with Crippen molar-refractivity contribution < 1.29 is 23.0 Å². The molecule has 5 nitrogen and oxygen atoms in total. The molecule has 18 heavy (non-hydrogen) atoms. The van der Waals surface area contributed by atoms with E-state index in [2.05, 4.69) is 0 Å². The number of amidine groups is 1. The maximum absolute atomic E-state index is 12.7. The molecule has 3 unspecified atom stereocenters. The Morgan fingerprint density at radius 1 is 1.61 bits per heavy atom. The number of morpholine rings is 1. The minimum absolute atomic E-state index is 0.197. The van der Waals surface area contributed by atoms with Crippen molar-refractivity contribution in [3.8, 4) is 0 Å². The van der Waals surface area contributed by atoms with Gasteiger partial charge in [-0.05, 0) is 6.92 Å². The summed E-state index contributed by atoms with van der Waals surface area (Å²) in [7, 11) is 0. The minimum atomic E-state index is -4.53. The van der Waals surface area contributed by atoms with Crippen LogP contribution in [0.5, 0.6) is 0 Å². The summed E-state index contributed by atoms with van der Waals surface area (Å²) in [6.45, 7) is 1.59. The second-order valence-corrected chi connectivity index (χ2v) is 4.49. The van der Waals surface area contributed by atoms with Crippen LogP contribution in [0.25, 0.3) is 0 Å². The molecule has 0 amide bonds. The van der Waals surface area contributed by atoms with Crippen LogP contribution in [0.15, 0.2) is 0 Å². The summed E-state index contributed by atoms with van der Waals surface area (Å²) >= 11 is 0. The quantitative estimate of drug-likeness (QED) is 0.502. The molecular formula is C10H18F3N3O2. The van der Waals surface area contributed by atoms with Crippen molar-refractivity contribution in [1.29, 1.82) is 5.41 Å². The molecule has 0 aromatic heterocycles. The Morgan fingerprint density at radius 3 is 2.67 bits per heavy atom. The maximum Gasteiger partial charge on any atom is 0.399 e. The van der Waals surface area contributed by atoms with Crippen molar-refractivity contribution in [2.75, 3.05) is 26.3 Å². The molecule has 8 heteroatoms. The van der Waals surface area contributed by atoms with Gasteiger partial charge in [0.05, 0.1) is 19.3 Å². The van der Waals surface area contributed by atoms with Crippen molar-refractivity contribution >= 4 is 5.84 Å². The van der Waals surface area contributed by atoms with Gasteiger partial charge in [-0.1, -0.05) is 0 Å². The molecule has 0 aliphatic carbocycles. The van der Waals surface area contributed by atoms with Gasteiger partial charge in [-0.3, -0.25) is 10.3 Å². The van der Waals surface area contributed by atoms with Gasteiger partial charge in [0, 0.05) is 19.1 Å². The van der Waals surface area contributed by atoms with Crippen molar-refractivity contribution in [2.24, 2.45) is 11.7 Å². The number of aliphatic hydroxyl groups excluding tert-OH is 1. The number of hydrogen-bond acceptors (Lipinski definition) is 4. The van der Waals surface area contributed by atoms with E-state index in [1.165, 1.54) is 0 Å². The molecule has 3 atom stereocenters. The standard InChI is InChI=1S/C10H18F3N3O2/c1-6-5-18-7(4-17)2-16(6)3-8(9(14)15)10(11,12)13/h6-8,17H,2-5H2,1H3,(H3,14,15). The first kappa shape index (κ1) is 15.2. The first-order valence-electron chi connectivity index (χ1n) is 5.62. The highest BCUT2D eigenvalue weighted by molar-refractivity contribution is 5.80. The van der Waals surface area contributed by atoms with Crippen LogP contribution in [-0.2, 0) is 4.74 Å². The zero-order valence-corrected chi connectivity index (χ0v) is 10.1. The van der Waals surface area contributed by atoms with E-state index in [9.17, 15) is 13.2 Å². The largest absolute Gasteiger partial charge is 0.399 e. The molecule has 4 N–H and O–H groups in total. The molecule has 0 saturated carbocycles. The number of nitrogens with zero attached hydrogens (tertiary/aromatic N) is 1. The van der Waals surface area contributed by atoms with E-state index in [4.69, 9.17) is 21.0 Å². The zero-order valence-electron chi connectivity index (χ0n) is 10.1. The second kappa shape index (κ2) is 5.85. The van der Waals surface area contributed by atoms with Crippen LogP contribution in [0.4, 0.5) is 13.2 Å². The lowest BCUT2D eigenvalue weighted by Crippen LogP contribution is -2.54. The van der Waals surface area contributed by atoms with Crippen LogP contribution >= 0.6 is 0 Å². The van der Waals surface area contributed by atoms with Gasteiger partial charge in [0.15, 0.2) is 0 Å². The van der Waals surface area contributed by atoms with Gasteiger partial charge in [0.2, 0.25) is 0 Å². The Hall–Kier alpha value is -0.860. The molecule has 1 aliphatic heterocycles. The first-order valence-corrected chi connectivity index (χ1v) is 5.62. The molecule has 0 bridgehead atoms. The Bertz CT molecular complexity index is 299. The number of hydrogen-bond donors (Lipinski definition) is 3. The zero-order chi connectivity index (χ0) is 13.9. The average molecular weight is 269 g/mol. The summed E-state index contributed by atoms with van der Waals surface area (Å²) in [6.07, 6.45) is -5.01. The van der Waals surface area contributed by atoms with Gasteiger partial charge >= 0.3 is 6.18 Å². The molecule has 106 valence electrons. The molecule has 1 rings (SSSR count). The Balaban J connectivity index is 2.70. The molecule has 0 radical (unpaired) electrons. The van der Waals surface area contributed by atoms with Crippen molar-refractivity contribution in [3.05, 3.63) is 0 Å². The Kier molecular flexibility index (Phi) is 4.94. The summed E-state index contributed by atoms with van der Waals surface area (Å²) < 4.78 is 43.4. The van der Waals surface area contributed by atoms with Crippen LogP contribution in [0.3, 0.4) is 0 Å². The predicted octanol–water partition coefficient (Wildman–Crippen LogP) is 0.182. The fourth-order valence-electron chi connectivity index (χ4n) is 1.85. The van der Waals surface area contributed by atoms with E-state index >= 15 is 0 Å². The molecule has 0 aromatic carbocycles. The second-order valence-electron chi connectivity index (χ2n) is 4.49. The first-order chi connectivity index (χ1) is 8.25.